The number of halogens is 3. The van der Waals surface area contributed by atoms with Crippen molar-refractivity contribution in [2.24, 2.45) is 0 Å². The molecule has 0 unspecified atom stereocenters. The van der Waals surface area contributed by atoms with Gasteiger partial charge < -0.3 is 19.9 Å². The van der Waals surface area contributed by atoms with Gasteiger partial charge in [0.2, 0.25) is 0 Å². The number of carbonyl (C=O) groups excluding carboxylic acids is 1. The van der Waals surface area contributed by atoms with Crippen molar-refractivity contribution in [3.63, 3.8) is 0 Å². The first kappa shape index (κ1) is 25.0. The molecule has 2 heterocycles. The van der Waals surface area contributed by atoms with E-state index in [9.17, 15) is 13.6 Å². The highest BCUT2D eigenvalue weighted by atomic mass is 35.5. The predicted molar refractivity (Wildman–Crippen MR) is 141 cm³/mol. The number of piperazine rings is 1. The summed E-state index contributed by atoms with van der Waals surface area (Å²) in [7, 11) is 2.11. The Bertz CT molecular complexity index is 1470. The van der Waals surface area contributed by atoms with E-state index in [0.29, 0.717) is 28.0 Å². The molecule has 1 aliphatic heterocycles. The molecule has 3 aromatic carbocycles. The summed E-state index contributed by atoms with van der Waals surface area (Å²) >= 11 is 5.89. The van der Waals surface area contributed by atoms with Gasteiger partial charge in [0.25, 0.3) is 5.91 Å². The molecule has 1 saturated heterocycles. The van der Waals surface area contributed by atoms with Crippen molar-refractivity contribution in [2.75, 3.05) is 43.4 Å². The standard InChI is InChI=1S/C27H26ClF2N5O2/c1-16-13-17(35-11-9-34(2)10-12-35)3-5-19(16)27(36)31-26-20-14-18(4-8-24(20)32-33-26)37-15-21-22(29)6-7-23(30)25(21)28/h3-8,13-14H,9-12,15H2,1-2H3,(H2,31,32,33,36). The zero-order valence-corrected chi connectivity index (χ0v) is 21.2. The molecule has 192 valence electrons. The lowest BCUT2D eigenvalue weighted by molar-refractivity contribution is 0.102. The highest BCUT2D eigenvalue weighted by Crippen LogP contribution is 2.29. The lowest BCUT2D eigenvalue weighted by Crippen LogP contribution is -2.44. The average molecular weight is 526 g/mol. The van der Waals surface area contributed by atoms with Crippen LogP contribution in [0.25, 0.3) is 10.9 Å². The van der Waals surface area contributed by atoms with Crippen molar-refractivity contribution in [1.82, 2.24) is 15.1 Å². The van der Waals surface area contributed by atoms with Crippen LogP contribution in [-0.4, -0.2) is 54.2 Å². The Morgan fingerprint density at radius 1 is 1.08 bits per heavy atom. The van der Waals surface area contributed by atoms with Crippen LogP contribution < -0.4 is 15.0 Å². The zero-order valence-electron chi connectivity index (χ0n) is 20.4. The topological polar surface area (TPSA) is 73.5 Å². The number of amides is 1. The van der Waals surface area contributed by atoms with Crippen LogP contribution >= 0.6 is 11.6 Å². The number of ether oxygens (including phenoxy) is 1. The Balaban J connectivity index is 1.31. The molecule has 0 aliphatic carbocycles. The van der Waals surface area contributed by atoms with Crippen LogP contribution in [-0.2, 0) is 6.61 Å². The minimum absolute atomic E-state index is 0.0713. The number of carbonyl (C=O) groups is 1. The average Bonchev–Trinajstić information content (AvgIpc) is 3.28. The second-order valence-corrected chi connectivity index (χ2v) is 9.51. The van der Waals surface area contributed by atoms with Crippen LogP contribution in [0.1, 0.15) is 21.5 Å². The predicted octanol–water partition coefficient (Wildman–Crippen LogP) is 5.39. The Morgan fingerprint density at radius 3 is 2.59 bits per heavy atom. The fourth-order valence-electron chi connectivity index (χ4n) is 4.37. The summed E-state index contributed by atoms with van der Waals surface area (Å²) in [6, 6.07) is 12.9. The summed E-state index contributed by atoms with van der Waals surface area (Å²) in [5, 5.41) is 10.3. The Morgan fingerprint density at radius 2 is 1.84 bits per heavy atom. The largest absolute Gasteiger partial charge is 0.489 e. The van der Waals surface area contributed by atoms with Gasteiger partial charge in [-0.05, 0) is 68.1 Å². The zero-order chi connectivity index (χ0) is 26.1. The smallest absolute Gasteiger partial charge is 0.257 e. The summed E-state index contributed by atoms with van der Waals surface area (Å²) in [5.74, 6) is -0.933. The van der Waals surface area contributed by atoms with Gasteiger partial charge in [0.15, 0.2) is 5.82 Å². The number of aromatic nitrogens is 2. The summed E-state index contributed by atoms with van der Waals surface area (Å²) in [4.78, 5) is 17.7. The third kappa shape index (κ3) is 5.23. The van der Waals surface area contributed by atoms with Gasteiger partial charge in [-0.15, -0.1) is 0 Å². The summed E-state index contributed by atoms with van der Waals surface area (Å²) in [6.45, 7) is 5.56. The molecule has 0 spiro atoms. The van der Waals surface area contributed by atoms with E-state index in [1.807, 2.05) is 25.1 Å². The number of nitrogens with one attached hydrogen (secondary N) is 2. The van der Waals surface area contributed by atoms with E-state index in [1.54, 1.807) is 18.2 Å². The number of likely N-dealkylation sites (N-methyl/N-ethyl adjacent to an activating group) is 1. The third-order valence-corrected chi connectivity index (χ3v) is 7.02. The maximum Gasteiger partial charge on any atom is 0.257 e. The van der Waals surface area contributed by atoms with Gasteiger partial charge >= 0.3 is 0 Å². The van der Waals surface area contributed by atoms with E-state index in [0.717, 1.165) is 49.6 Å². The number of rotatable bonds is 6. The second-order valence-electron chi connectivity index (χ2n) is 9.13. The number of anilines is 2. The van der Waals surface area contributed by atoms with Gasteiger partial charge in [-0.25, -0.2) is 8.78 Å². The molecule has 7 nitrogen and oxygen atoms in total. The molecule has 10 heteroatoms. The van der Waals surface area contributed by atoms with Gasteiger partial charge in [0, 0.05) is 48.4 Å². The fourth-order valence-corrected chi connectivity index (χ4v) is 4.58. The van der Waals surface area contributed by atoms with Crippen molar-refractivity contribution in [3.05, 3.63) is 81.9 Å². The lowest BCUT2D eigenvalue weighted by atomic mass is 10.1. The third-order valence-electron chi connectivity index (χ3n) is 6.61. The van der Waals surface area contributed by atoms with Crippen molar-refractivity contribution in [3.8, 4) is 5.75 Å². The first-order valence-electron chi connectivity index (χ1n) is 11.9. The summed E-state index contributed by atoms with van der Waals surface area (Å²) in [6.07, 6.45) is 0. The van der Waals surface area contributed by atoms with Crippen LogP contribution in [0.2, 0.25) is 5.02 Å². The molecular weight excluding hydrogens is 500 g/mol. The molecule has 1 aromatic heterocycles. The number of nitrogens with zero attached hydrogens (tertiary/aromatic N) is 3. The number of hydrogen-bond acceptors (Lipinski definition) is 5. The maximum atomic E-state index is 14.1. The van der Waals surface area contributed by atoms with Gasteiger partial charge in [0.1, 0.15) is 24.0 Å². The van der Waals surface area contributed by atoms with E-state index in [4.69, 9.17) is 16.3 Å². The van der Waals surface area contributed by atoms with E-state index < -0.39 is 11.6 Å². The Labute approximate surface area is 218 Å². The van der Waals surface area contributed by atoms with Crippen molar-refractivity contribution in [1.29, 1.82) is 0 Å². The molecular formula is C27H26ClF2N5O2. The molecule has 0 atom stereocenters. The molecule has 0 bridgehead atoms. The minimum Gasteiger partial charge on any atom is -0.489 e. The van der Waals surface area contributed by atoms with Crippen LogP contribution in [0.15, 0.2) is 48.5 Å². The van der Waals surface area contributed by atoms with E-state index >= 15 is 0 Å². The van der Waals surface area contributed by atoms with E-state index in [2.05, 4.69) is 32.4 Å². The maximum absolute atomic E-state index is 14.1. The number of fused-ring (bicyclic) bond motifs is 1. The van der Waals surface area contributed by atoms with Crippen LogP contribution in [0.4, 0.5) is 20.3 Å². The van der Waals surface area contributed by atoms with E-state index in [-0.39, 0.29) is 23.1 Å². The normalized spacial score (nSPS) is 14.2. The van der Waals surface area contributed by atoms with Crippen LogP contribution in [0.5, 0.6) is 5.75 Å². The molecule has 1 fully saturated rings. The molecule has 37 heavy (non-hydrogen) atoms. The van der Waals surface area contributed by atoms with Crippen molar-refractivity contribution < 1.29 is 18.3 Å². The molecule has 5 rings (SSSR count). The SMILES string of the molecule is Cc1cc(N2CCN(C)CC2)ccc1C(=O)Nc1n[nH]c2ccc(OCc3c(F)ccc(F)c3Cl)cc12. The lowest BCUT2D eigenvalue weighted by Gasteiger charge is -2.34. The van der Waals surface area contributed by atoms with Gasteiger partial charge in [0.05, 0.1) is 10.5 Å². The van der Waals surface area contributed by atoms with Crippen LogP contribution in [0, 0.1) is 18.6 Å². The highest BCUT2D eigenvalue weighted by Gasteiger charge is 2.18. The fraction of sp³-hybridized carbons (Fsp3) is 0.259. The molecule has 1 aliphatic rings. The van der Waals surface area contributed by atoms with Crippen molar-refractivity contribution >= 4 is 39.9 Å². The molecule has 0 saturated carbocycles. The number of hydrogen-bond donors (Lipinski definition) is 2. The molecule has 1 amide bonds. The Kier molecular flexibility index (Phi) is 6.99. The second kappa shape index (κ2) is 10.4. The van der Waals surface area contributed by atoms with Crippen LogP contribution in [0.3, 0.4) is 0 Å². The highest BCUT2D eigenvalue weighted by molar-refractivity contribution is 6.31. The minimum atomic E-state index is -0.719. The molecule has 0 radical (unpaired) electrons. The number of aromatic amines is 1. The number of aryl methyl sites for hydroxylation is 1. The summed E-state index contributed by atoms with van der Waals surface area (Å²) < 4.78 is 33.5. The monoisotopic (exact) mass is 525 g/mol. The molecule has 4 aromatic rings. The Hall–Kier alpha value is -3.69. The van der Waals surface area contributed by atoms with E-state index in [1.165, 1.54) is 0 Å². The first-order chi connectivity index (χ1) is 17.8. The van der Waals surface area contributed by atoms with Gasteiger partial charge in [-0.1, -0.05) is 11.6 Å². The first-order valence-corrected chi connectivity index (χ1v) is 12.3. The number of H-pyrrole nitrogens is 1. The van der Waals surface area contributed by atoms with Crippen molar-refractivity contribution in [2.45, 2.75) is 13.5 Å². The summed E-state index contributed by atoms with van der Waals surface area (Å²) in [5.41, 5.74) is 3.13. The molecule has 2 N–H and O–H groups in total. The number of benzene rings is 3. The van der Waals surface area contributed by atoms with Gasteiger partial charge in [-0.2, -0.15) is 5.10 Å². The van der Waals surface area contributed by atoms with Gasteiger partial charge in [-0.3, -0.25) is 9.89 Å². The quantitative estimate of drug-likeness (QED) is 0.330.